The predicted molar refractivity (Wildman–Crippen MR) is 71.3 cm³/mol. The number of carbonyl (C=O) groups is 1. The van der Waals surface area contributed by atoms with Gasteiger partial charge in [-0.1, -0.05) is 6.07 Å². The molecule has 1 aromatic carbocycles. The first kappa shape index (κ1) is 15.9. The lowest BCUT2D eigenvalue weighted by atomic mass is 10.2. The summed E-state index contributed by atoms with van der Waals surface area (Å²) >= 11 is 0. The molecule has 2 atom stereocenters. The average molecular weight is 289 g/mol. The number of halogens is 2. The summed E-state index contributed by atoms with van der Waals surface area (Å²) in [5.74, 6) is -0.768. The predicted octanol–water partition coefficient (Wildman–Crippen LogP) is 1.65. The van der Waals surface area contributed by atoms with Crippen molar-refractivity contribution in [1.82, 2.24) is 5.32 Å². The van der Waals surface area contributed by atoms with Crippen LogP contribution in [0.15, 0.2) is 24.3 Å². The van der Waals surface area contributed by atoms with Gasteiger partial charge in [0.2, 0.25) is 0 Å². The second-order valence-electron chi connectivity index (χ2n) is 4.27. The van der Waals surface area contributed by atoms with Gasteiger partial charge in [0, 0.05) is 23.1 Å². The molecule has 1 aliphatic rings. The number of Topliss-reactive ketones (excluding diaryl/α,β-unsaturated/α-hetero) is 1. The fraction of sp³-hybridized carbons (Fsp3) is 0.462. The molecule has 1 aliphatic heterocycles. The summed E-state index contributed by atoms with van der Waals surface area (Å²) in [6.07, 6.45) is 3.54. The van der Waals surface area contributed by atoms with Crippen LogP contribution in [0.25, 0.3) is 0 Å². The zero-order chi connectivity index (χ0) is 14.3. The Labute approximate surface area is 113 Å². The van der Waals surface area contributed by atoms with Crippen molar-refractivity contribution in [3.63, 3.8) is 0 Å². The molecule has 0 aromatic heterocycles. The average Bonchev–Trinajstić information content (AvgIpc) is 2.81. The second-order valence-corrected chi connectivity index (χ2v) is 5.71. The van der Waals surface area contributed by atoms with Crippen LogP contribution in [0, 0.1) is 11.6 Å². The number of carbonyl (C=O) groups excluding carboxylic acids is 1. The van der Waals surface area contributed by atoms with Gasteiger partial charge in [-0.3, -0.25) is 9.00 Å². The van der Waals surface area contributed by atoms with Crippen LogP contribution in [-0.4, -0.2) is 34.6 Å². The van der Waals surface area contributed by atoms with Crippen LogP contribution in [0.4, 0.5) is 8.78 Å². The van der Waals surface area contributed by atoms with Gasteiger partial charge >= 0.3 is 0 Å². The van der Waals surface area contributed by atoms with Crippen molar-refractivity contribution in [2.24, 2.45) is 0 Å². The molecule has 19 heavy (non-hydrogen) atoms. The summed E-state index contributed by atoms with van der Waals surface area (Å²) in [6, 6.07) is 4.54. The molecule has 1 aromatic rings. The summed E-state index contributed by atoms with van der Waals surface area (Å²) in [7, 11) is -0.981. The maximum absolute atomic E-state index is 11.9. The van der Waals surface area contributed by atoms with E-state index in [4.69, 9.17) is 0 Å². The molecule has 1 fully saturated rings. The van der Waals surface area contributed by atoms with Crippen molar-refractivity contribution in [1.29, 1.82) is 0 Å². The van der Waals surface area contributed by atoms with Gasteiger partial charge in [0.05, 0.1) is 11.8 Å². The van der Waals surface area contributed by atoms with E-state index in [0.29, 0.717) is 0 Å². The highest BCUT2D eigenvalue weighted by Gasteiger charge is 2.21. The Balaban J connectivity index is 0.000000200. The smallest absolute Gasteiger partial charge is 0.162 e. The zero-order valence-electron chi connectivity index (χ0n) is 10.7. The van der Waals surface area contributed by atoms with Crippen molar-refractivity contribution in [3.8, 4) is 0 Å². The van der Waals surface area contributed by atoms with Crippen molar-refractivity contribution >= 4 is 16.6 Å². The van der Waals surface area contributed by atoms with Gasteiger partial charge in [-0.05, 0) is 31.5 Å². The third kappa shape index (κ3) is 6.54. The fourth-order valence-corrected chi connectivity index (χ4v) is 2.32. The molecule has 0 amide bonds. The molecular formula is C13H17F2NO2S. The lowest BCUT2D eigenvalue weighted by Gasteiger charge is -2.06. The first-order valence-electron chi connectivity index (χ1n) is 5.96. The van der Waals surface area contributed by atoms with Crippen LogP contribution in [0.1, 0.15) is 12.8 Å². The van der Waals surface area contributed by atoms with E-state index in [0.717, 1.165) is 25.5 Å². The topological polar surface area (TPSA) is 46.2 Å². The quantitative estimate of drug-likeness (QED) is 0.920. The van der Waals surface area contributed by atoms with E-state index in [1.54, 1.807) is 6.26 Å². The summed E-state index contributed by atoms with van der Waals surface area (Å²) in [5.41, 5.74) is 0. The highest BCUT2D eigenvalue weighted by Crippen LogP contribution is 2.05. The third-order valence-corrected chi connectivity index (χ3v) is 3.27. The number of hydrogen-bond acceptors (Lipinski definition) is 3. The number of benzene rings is 1. The van der Waals surface area contributed by atoms with Gasteiger partial charge in [-0.15, -0.1) is 0 Å². The van der Waals surface area contributed by atoms with E-state index in [9.17, 15) is 17.8 Å². The van der Waals surface area contributed by atoms with Crippen LogP contribution in [0.2, 0.25) is 0 Å². The second kappa shape index (κ2) is 8.12. The van der Waals surface area contributed by atoms with Gasteiger partial charge in [0.15, 0.2) is 5.78 Å². The maximum Gasteiger partial charge on any atom is 0.162 e. The standard InChI is InChI=1S/C7H13NO2S.C6H4F2/c1-11(10)5-7(9)6-3-2-4-8-6;7-5-2-1-3-6(8)4-5/h6,8H,2-5H2,1H3;1-4H. The molecule has 6 heteroatoms. The van der Waals surface area contributed by atoms with Crippen molar-refractivity contribution < 1.29 is 17.8 Å². The molecule has 0 bridgehead atoms. The molecular weight excluding hydrogens is 272 g/mol. The van der Waals surface area contributed by atoms with Crippen molar-refractivity contribution in [3.05, 3.63) is 35.9 Å². The van der Waals surface area contributed by atoms with Gasteiger partial charge in [0.25, 0.3) is 0 Å². The lowest BCUT2D eigenvalue weighted by molar-refractivity contribution is -0.118. The molecule has 2 rings (SSSR count). The molecule has 1 saturated heterocycles. The van der Waals surface area contributed by atoms with Gasteiger partial charge in [0.1, 0.15) is 11.6 Å². The Bertz CT molecular complexity index is 431. The molecule has 1 N–H and O–H groups in total. The minimum Gasteiger partial charge on any atom is -0.307 e. The van der Waals surface area contributed by atoms with Crippen LogP contribution in [-0.2, 0) is 15.6 Å². The molecule has 0 aliphatic carbocycles. The monoisotopic (exact) mass is 289 g/mol. The minimum atomic E-state index is -0.981. The molecule has 0 spiro atoms. The zero-order valence-corrected chi connectivity index (χ0v) is 11.5. The number of ketones is 1. The first-order valence-corrected chi connectivity index (χ1v) is 7.69. The first-order chi connectivity index (χ1) is 8.99. The van der Waals surface area contributed by atoms with Gasteiger partial charge in [-0.25, -0.2) is 8.78 Å². The highest BCUT2D eigenvalue weighted by molar-refractivity contribution is 7.85. The number of rotatable bonds is 3. The minimum absolute atomic E-state index is 0.0149. The van der Waals surface area contributed by atoms with E-state index in [1.165, 1.54) is 18.2 Å². The van der Waals surface area contributed by atoms with Gasteiger partial charge in [-0.2, -0.15) is 0 Å². The van der Waals surface area contributed by atoms with E-state index in [-0.39, 0.29) is 17.6 Å². The molecule has 1 heterocycles. The highest BCUT2D eigenvalue weighted by atomic mass is 32.2. The summed E-state index contributed by atoms with van der Waals surface area (Å²) in [5, 5.41) is 3.08. The Morgan fingerprint density at radius 3 is 2.42 bits per heavy atom. The number of hydrogen-bond donors (Lipinski definition) is 1. The van der Waals surface area contributed by atoms with Crippen LogP contribution < -0.4 is 5.32 Å². The summed E-state index contributed by atoms with van der Waals surface area (Å²) < 4.78 is 34.5. The molecule has 2 unspecified atom stereocenters. The Morgan fingerprint density at radius 1 is 1.42 bits per heavy atom. The maximum atomic E-state index is 11.9. The summed E-state index contributed by atoms with van der Waals surface area (Å²) in [4.78, 5) is 11.2. The largest absolute Gasteiger partial charge is 0.307 e. The Morgan fingerprint density at radius 2 is 2.05 bits per heavy atom. The van der Waals surface area contributed by atoms with Crippen LogP contribution in [0.3, 0.4) is 0 Å². The normalized spacial score (nSPS) is 19.4. The SMILES string of the molecule is CS(=O)CC(=O)C1CCCN1.Fc1cccc(F)c1. The Kier molecular flexibility index (Phi) is 6.80. The number of nitrogens with one attached hydrogen (secondary N) is 1. The van der Waals surface area contributed by atoms with Crippen molar-refractivity contribution in [2.45, 2.75) is 18.9 Å². The van der Waals surface area contributed by atoms with Gasteiger partial charge < -0.3 is 5.32 Å². The Hall–Kier alpha value is -1.14. The fourth-order valence-electron chi connectivity index (χ4n) is 1.72. The molecule has 0 radical (unpaired) electrons. The van der Waals surface area contributed by atoms with E-state index < -0.39 is 22.4 Å². The van der Waals surface area contributed by atoms with Crippen molar-refractivity contribution in [2.75, 3.05) is 18.6 Å². The van der Waals surface area contributed by atoms with Crippen LogP contribution in [0.5, 0.6) is 0 Å². The molecule has 0 saturated carbocycles. The van der Waals surface area contributed by atoms with E-state index in [1.807, 2.05) is 0 Å². The van der Waals surface area contributed by atoms with E-state index >= 15 is 0 Å². The van der Waals surface area contributed by atoms with Crippen LogP contribution >= 0.6 is 0 Å². The summed E-state index contributed by atoms with van der Waals surface area (Å²) in [6.45, 7) is 0.923. The molecule has 106 valence electrons. The molecule has 3 nitrogen and oxygen atoms in total. The lowest BCUT2D eigenvalue weighted by Crippen LogP contribution is -2.33. The third-order valence-electron chi connectivity index (χ3n) is 2.58. The van der Waals surface area contributed by atoms with E-state index in [2.05, 4.69) is 5.32 Å².